The van der Waals surface area contributed by atoms with E-state index in [0.717, 1.165) is 12.5 Å². The molecule has 0 radical (unpaired) electrons. The molecule has 1 unspecified atom stereocenters. The van der Waals surface area contributed by atoms with Gasteiger partial charge in [-0.1, -0.05) is 0 Å². The predicted molar refractivity (Wildman–Crippen MR) is 78.4 cm³/mol. The van der Waals surface area contributed by atoms with Gasteiger partial charge in [-0.25, -0.2) is 8.42 Å². The van der Waals surface area contributed by atoms with Gasteiger partial charge in [-0.15, -0.1) is 0 Å². The number of anilines is 1. The predicted octanol–water partition coefficient (Wildman–Crippen LogP) is 0.502. The summed E-state index contributed by atoms with van der Waals surface area (Å²) in [5.41, 5.74) is 5.44. The van der Waals surface area contributed by atoms with Crippen LogP contribution in [-0.4, -0.2) is 55.8 Å². The molecule has 1 atom stereocenters. The van der Waals surface area contributed by atoms with E-state index in [9.17, 15) is 18.5 Å². The minimum Gasteiger partial charge on any atom is -0.398 e. The Bertz CT molecular complexity index is 659. The number of nitro groups is 1. The molecule has 0 saturated carbocycles. The zero-order valence-electron chi connectivity index (χ0n) is 11.9. The van der Waals surface area contributed by atoms with E-state index in [-0.39, 0.29) is 22.3 Å². The van der Waals surface area contributed by atoms with Crippen LogP contribution in [0.2, 0.25) is 0 Å². The first-order chi connectivity index (χ1) is 9.73. The smallest absolute Gasteiger partial charge is 0.270 e. The lowest BCUT2D eigenvalue weighted by Crippen LogP contribution is -2.34. The fourth-order valence-corrected chi connectivity index (χ4v) is 3.98. The summed E-state index contributed by atoms with van der Waals surface area (Å²) in [7, 11) is -0.0319. The van der Waals surface area contributed by atoms with Gasteiger partial charge in [0, 0.05) is 31.3 Å². The summed E-state index contributed by atoms with van der Waals surface area (Å²) in [4.78, 5) is 11.9. The standard InChI is InChI=1S/C12H18N4O4S/c1-14(2)10-5-6-15(8-10)21(19,20)12-7-9(16(17)18)3-4-11(12)13/h3-4,7,10H,5-6,8,13H2,1-2H3. The lowest BCUT2D eigenvalue weighted by atomic mass is 10.2. The van der Waals surface area contributed by atoms with Gasteiger partial charge in [0.25, 0.3) is 5.69 Å². The number of non-ortho nitro benzene ring substituents is 1. The van der Waals surface area contributed by atoms with Crippen LogP contribution in [-0.2, 0) is 10.0 Å². The summed E-state index contributed by atoms with van der Waals surface area (Å²) in [6.45, 7) is 0.741. The maximum Gasteiger partial charge on any atom is 0.270 e. The van der Waals surface area contributed by atoms with Gasteiger partial charge in [0.15, 0.2) is 0 Å². The molecule has 8 nitrogen and oxygen atoms in total. The summed E-state index contributed by atoms with van der Waals surface area (Å²) in [5.74, 6) is 0. The van der Waals surface area contributed by atoms with E-state index in [0.29, 0.717) is 13.1 Å². The van der Waals surface area contributed by atoms with Crippen molar-refractivity contribution in [2.45, 2.75) is 17.4 Å². The fourth-order valence-electron chi connectivity index (χ4n) is 2.35. The second-order valence-corrected chi connectivity index (χ2v) is 7.15. The van der Waals surface area contributed by atoms with Crippen LogP contribution in [0.1, 0.15) is 6.42 Å². The molecule has 0 spiro atoms. The van der Waals surface area contributed by atoms with E-state index >= 15 is 0 Å². The van der Waals surface area contributed by atoms with Crippen molar-refractivity contribution in [3.05, 3.63) is 28.3 Å². The van der Waals surface area contributed by atoms with Crippen molar-refractivity contribution < 1.29 is 13.3 Å². The lowest BCUT2D eigenvalue weighted by molar-refractivity contribution is -0.385. The van der Waals surface area contributed by atoms with Crippen LogP contribution in [0.4, 0.5) is 11.4 Å². The van der Waals surface area contributed by atoms with Crippen molar-refractivity contribution in [3.8, 4) is 0 Å². The molecule has 1 heterocycles. The Balaban J connectivity index is 2.36. The highest BCUT2D eigenvalue weighted by Crippen LogP contribution is 2.29. The minimum atomic E-state index is -3.81. The Morgan fingerprint density at radius 3 is 2.62 bits per heavy atom. The number of nitrogen functional groups attached to an aromatic ring is 1. The number of likely N-dealkylation sites (N-methyl/N-ethyl adjacent to an activating group) is 1. The second-order valence-electron chi connectivity index (χ2n) is 5.25. The highest BCUT2D eigenvalue weighted by atomic mass is 32.2. The first-order valence-corrected chi connectivity index (χ1v) is 7.88. The SMILES string of the molecule is CN(C)C1CCN(S(=O)(=O)c2cc([N+](=O)[O-])ccc2N)C1. The molecule has 1 aliphatic heterocycles. The Hall–Kier alpha value is -1.71. The molecule has 0 aliphatic carbocycles. The summed E-state index contributed by atoms with van der Waals surface area (Å²) in [6.07, 6.45) is 0.723. The number of benzene rings is 1. The molecule has 0 amide bonds. The quantitative estimate of drug-likeness (QED) is 0.492. The van der Waals surface area contributed by atoms with E-state index in [1.165, 1.54) is 16.4 Å². The van der Waals surface area contributed by atoms with Gasteiger partial charge < -0.3 is 10.6 Å². The first kappa shape index (κ1) is 15.7. The molecule has 21 heavy (non-hydrogen) atoms. The van der Waals surface area contributed by atoms with Crippen LogP contribution in [0.3, 0.4) is 0 Å². The van der Waals surface area contributed by atoms with Crippen molar-refractivity contribution in [2.24, 2.45) is 0 Å². The monoisotopic (exact) mass is 314 g/mol. The molecule has 1 aromatic rings. The van der Waals surface area contributed by atoms with Crippen LogP contribution in [0.5, 0.6) is 0 Å². The van der Waals surface area contributed by atoms with E-state index in [2.05, 4.69) is 0 Å². The van der Waals surface area contributed by atoms with Gasteiger partial charge in [0.1, 0.15) is 4.90 Å². The zero-order valence-corrected chi connectivity index (χ0v) is 12.7. The molecule has 1 saturated heterocycles. The van der Waals surface area contributed by atoms with Crippen LogP contribution < -0.4 is 5.73 Å². The molecule has 1 aliphatic rings. The van der Waals surface area contributed by atoms with Crippen molar-refractivity contribution in [3.63, 3.8) is 0 Å². The number of nitrogens with zero attached hydrogens (tertiary/aromatic N) is 3. The molecule has 2 N–H and O–H groups in total. The number of nitro benzene ring substituents is 1. The maximum atomic E-state index is 12.6. The lowest BCUT2D eigenvalue weighted by Gasteiger charge is -2.20. The molecule has 0 aromatic heterocycles. The average molecular weight is 314 g/mol. The van der Waals surface area contributed by atoms with E-state index in [1.807, 2.05) is 19.0 Å². The van der Waals surface area contributed by atoms with Crippen molar-refractivity contribution >= 4 is 21.4 Å². The summed E-state index contributed by atoms with van der Waals surface area (Å²) < 4.78 is 26.5. The van der Waals surface area contributed by atoms with Gasteiger partial charge in [-0.3, -0.25) is 10.1 Å². The second kappa shape index (κ2) is 5.58. The summed E-state index contributed by atoms with van der Waals surface area (Å²) in [6, 6.07) is 3.61. The molecule has 2 rings (SSSR count). The Morgan fingerprint density at radius 1 is 1.43 bits per heavy atom. The molecular formula is C12H18N4O4S. The summed E-state index contributed by atoms with van der Waals surface area (Å²) in [5, 5.41) is 10.8. The van der Waals surface area contributed by atoms with Gasteiger partial charge in [0.05, 0.1) is 10.6 Å². The topological polar surface area (TPSA) is 110 Å². The normalized spacial score (nSPS) is 20.0. The van der Waals surface area contributed by atoms with E-state index < -0.39 is 14.9 Å². The molecule has 1 aromatic carbocycles. The Kier molecular flexibility index (Phi) is 4.17. The number of hydrogen-bond donors (Lipinski definition) is 1. The Labute approximate surface area is 123 Å². The number of nitrogens with two attached hydrogens (primary N) is 1. The zero-order chi connectivity index (χ0) is 15.8. The minimum absolute atomic E-state index is 0.0221. The van der Waals surface area contributed by atoms with Crippen molar-refractivity contribution in [1.29, 1.82) is 0 Å². The van der Waals surface area contributed by atoms with E-state index in [4.69, 9.17) is 5.73 Å². The highest BCUT2D eigenvalue weighted by Gasteiger charge is 2.35. The number of sulfonamides is 1. The molecule has 9 heteroatoms. The number of rotatable bonds is 4. The third-order valence-electron chi connectivity index (χ3n) is 3.68. The average Bonchev–Trinajstić information content (AvgIpc) is 2.89. The van der Waals surface area contributed by atoms with Gasteiger partial charge in [-0.2, -0.15) is 4.31 Å². The maximum absolute atomic E-state index is 12.6. The fraction of sp³-hybridized carbons (Fsp3) is 0.500. The van der Waals surface area contributed by atoms with Crippen LogP contribution in [0.25, 0.3) is 0 Å². The van der Waals surface area contributed by atoms with E-state index in [1.54, 1.807) is 0 Å². The summed E-state index contributed by atoms with van der Waals surface area (Å²) >= 11 is 0. The molecule has 116 valence electrons. The van der Waals surface area contributed by atoms with Crippen LogP contribution in [0.15, 0.2) is 23.1 Å². The molecular weight excluding hydrogens is 296 g/mol. The Morgan fingerprint density at radius 2 is 2.10 bits per heavy atom. The largest absolute Gasteiger partial charge is 0.398 e. The van der Waals surface area contributed by atoms with Gasteiger partial charge >= 0.3 is 0 Å². The van der Waals surface area contributed by atoms with Crippen molar-refractivity contribution in [1.82, 2.24) is 9.21 Å². The van der Waals surface area contributed by atoms with Crippen molar-refractivity contribution in [2.75, 3.05) is 32.9 Å². The highest BCUT2D eigenvalue weighted by molar-refractivity contribution is 7.89. The van der Waals surface area contributed by atoms with Crippen LogP contribution in [0, 0.1) is 10.1 Å². The third-order valence-corrected chi connectivity index (χ3v) is 5.60. The van der Waals surface area contributed by atoms with Crippen LogP contribution >= 0.6 is 0 Å². The van der Waals surface area contributed by atoms with Gasteiger partial charge in [-0.05, 0) is 26.6 Å². The molecule has 1 fully saturated rings. The molecule has 0 bridgehead atoms. The third kappa shape index (κ3) is 2.99. The number of hydrogen-bond acceptors (Lipinski definition) is 6. The van der Waals surface area contributed by atoms with Gasteiger partial charge in [0.2, 0.25) is 10.0 Å². The first-order valence-electron chi connectivity index (χ1n) is 6.44.